The summed E-state index contributed by atoms with van der Waals surface area (Å²) in [6, 6.07) is 10.8. The lowest BCUT2D eigenvalue weighted by Crippen LogP contribution is -2.29. The predicted octanol–water partition coefficient (Wildman–Crippen LogP) is 5.57. The Morgan fingerprint density at radius 2 is 1.78 bits per heavy atom. The van der Waals surface area contributed by atoms with E-state index in [0.717, 1.165) is 28.4 Å². The van der Waals surface area contributed by atoms with Gasteiger partial charge in [0.1, 0.15) is 17.3 Å². The Bertz CT molecular complexity index is 1550. The Balaban J connectivity index is 1.76. The molecule has 0 spiro atoms. The molecule has 0 aliphatic carbocycles. The normalized spacial score (nSPS) is 17.2. The summed E-state index contributed by atoms with van der Waals surface area (Å²) in [5.41, 5.74) is 0.269. The summed E-state index contributed by atoms with van der Waals surface area (Å²) in [5.74, 6) is -4.59. The quantitative estimate of drug-likeness (QED) is 0.204. The van der Waals surface area contributed by atoms with E-state index in [4.69, 9.17) is 16.3 Å². The van der Waals surface area contributed by atoms with Gasteiger partial charge in [0, 0.05) is 11.1 Å². The highest BCUT2D eigenvalue weighted by Crippen LogP contribution is 2.45. The minimum absolute atomic E-state index is 0.00714. The van der Waals surface area contributed by atoms with Crippen LogP contribution in [0.2, 0.25) is 5.02 Å². The Kier molecular flexibility index (Phi) is 5.85. The fourth-order valence-electron chi connectivity index (χ4n) is 4.03. The van der Waals surface area contributed by atoms with Crippen LogP contribution in [0, 0.1) is 11.6 Å². The SMILES string of the molecule is COc1ccc(Cl)cc1/C(O)=C1\C(=O)C(=O)N(c2nc3cc(F)c(F)cc3s2)C1c1ccc(O)cc1. The number of nitrogens with zero attached hydrogens (tertiary/aromatic N) is 2. The molecule has 1 amide bonds. The van der Waals surface area contributed by atoms with Gasteiger partial charge in [-0.05, 0) is 42.0 Å². The highest BCUT2D eigenvalue weighted by atomic mass is 35.5. The van der Waals surface area contributed by atoms with E-state index in [1.54, 1.807) is 0 Å². The number of thiazole rings is 1. The van der Waals surface area contributed by atoms with Gasteiger partial charge < -0.3 is 14.9 Å². The van der Waals surface area contributed by atoms with Crippen molar-refractivity contribution in [3.8, 4) is 11.5 Å². The van der Waals surface area contributed by atoms with Crippen molar-refractivity contribution < 1.29 is 33.3 Å². The number of aromatic nitrogens is 1. The number of benzene rings is 3. The Hall–Kier alpha value is -4.02. The number of carbonyl (C=O) groups is 2. The number of phenolic OH excluding ortho intramolecular Hbond substituents is 1. The molecule has 0 bridgehead atoms. The summed E-state index contributed by atoms with van der Waals surface area (Å²) < 4.78 is 33.1. The number of methoxy groups -OCH3 is 1. The average Bonchev–Trinajstić information content (AvgIpc) is 3.37. The molecule has 1 aliphatic rings. The number of aliphatic hydroxyl groups excluding tert-OH is 1. The van der Waals surface area contributed by atoms with E-state index < -0.39 is 35.1 Å². The summed E-state index contributed by atoms with van der Waals surface area (Å²) in [6.07, 6.45) is 0. The van der Waals surface area contributed by atoms with E-state index in [1.807, 2.05) is 0 Å². The number of hydrogen-bond donors (Lipinski definition) is 2. The summed E-state index contributed by atoms with van der Waals surface area (Å²) in [5, 5.41) is 21.3. The van der Waals surface area contributed by atoms with Crippen LogP contribution < -0.4 is 9.64 Å². The number of rotatable bonds is 4. The molecule has 0 radical (unpaired) electrons. The number of aromatic hydroxyl groups is 1. The molecule has 3 aromatic carbocycles. The van der Waals surface area contributed by atoms with E-state index >= 15 is 0 Å². The average molecular weight is 529 g/mol. The van der Waals surface area contributed by atoms with Crippen LogP contribution in [-0.4, -0.2) is 34.0 Å². The maximum atomic E-state index is 13.8. The number of anilines is 1. The van der Waals surface area contributed by atoms with Gasteiger partial charge in [-0.15, -0.1) is 0 Å². The lowest BCUT2D eigenvalue weighted by atomic mass is 9.95. The lowest BCUT2D eigenvalue weighted by Gasteiger charge is -2.23. The predicted molar refractivity (Wildman–Crippen MR) is 130 cm³/mol. The van der Waals surface area contributed by atoms with E-state index in [1.165, 1.54) is 49.6 Å². The molecule has 36 heavy (non-hydrogen) atoms. The minimum Gasteiger partial charge on any atom is -0.508 e. The molecule has 1 unspecified atom stereocenters. The first-order valence-corrected chi connectivity index (χ1v) is 11.6. The Morgan fingerprint density at radius 1 is 1.08 bits per heavy atom. The molecular weight excluding hydrogens is 514 g/mol. The zero-order valence-electron chi connectivity index (χ0n) is 18.3. The zero-order chi connectivity index (χ0) is 25.7. The van der Waals surface area contributed by atoms with Gasteiger partial charge in [-0.1, -0.05) is 35.1 Å². The van der Waals surface area contributed by atoms with Crippen molar-refractivity contribution in [2.24, 2.45) is 0 Å². The molecule has 5 rings (SSSR count). The number of hydrogen-bond acceptors (Lipinski definition) is 7. The lowest BCUT2D eigenvalue weighted by molar-refractivity contribution is -0.132. The van der Waals surface area contributed by atoms with Gasteiger partial charge in [-0.2, -0.15) is 0 Å². The fraction of sp³-hybridized carbons (Fsp3) is 0.0800. The summed E-state index contributed by atoms with van der Waals surface area (Å²) in [6.45, 7) is 0. The molecule has 2 N–H and O–H groups in total. The third-order valence-corrected chi connectivity index (χ3v) is 6.95. The molecule has 4 aromatic rings. The number of carbonyl (C=O) groups excluding carboxylic acids is 2. The van der Waals surface area contributed by atoms with Crippen molar-refractivity contribution in [1.82, 2.24) is 4.98 Å². The van der Waals surface area contributed by atoms with Crippen molar-refractivity contribution in [1.29, 1.82) is 0 Å². The van der Waals surface area contributed by atoms with Crippen LogP contribution in [0.1, 0.15) is 17.2 Å². The van der Waals surface area contributed by atoms with Gasteiger partial charge in [0.05, 0.1) is 34.5 Å². The monoisotopic (exact) mass is 528 g/mol. The van der Waals surface area contributed by atoms with Crippen molar-refractivity contribution >= 4 is 55.7 Å². The van der Waals surface area contributed by atoms with E-state index in [-0.39, 0.29) is 43.0 Å². The second-order valence-corrected chi connectivity index (χ2v) is 9.28. The maximum Gasteiger partial charge on any atom is 0.301 e. The molecule has 11 heteroatoms. The smallest absolute Gasteiger partial charge is 0.301 e. The number of Topliss-reactive ketones (excluding diaryl/α,β-unsaturated/α-hetero) is 1. The first-order chi connectivity index (χ1) is 17.2. The molecule has 1 fully saturated rings. The van der Waals surface area contributed by atoms with E-state index in [0.29, 0.717) is 5.56 Å². The molecule has 1 atom stereocenters. The second-order valence-electron chi connectivity index (χ2n) is 7.84. The highest BCUT2D eigenvalue weighted by molar-refractivity contribution is 7.22. The number of amides is 1. The summed E-state index contributed by atoms with van der Waals surface area (Å²) in [4.78, 5) is 31.9. The molecule has 1 aliphatic heterocycles. The number of halogens is 3. The molecular formula is C25H15ClF2N2O5S. The number of ketones is 1. The first kappa shape index (κ1) is 23.7. The maximum absolute atomic E-state index is 13.8. The van der Waals surface area contributed by atoms with Gasteiger partial charge in [0.15, 0.2) is 16.8 Å². The summed E-state index contributed by atoms with van der Waals surface area (Å²) >= 11 is 6.99. The standard InChI is InChI=1S/C25H15ClF2N2O5S/c1-35-18-7-4-12(26)8-14(18)22(32)20-21(11-2-5-13(31)6-3-11)30(24(34)23(20)33)25-29-17-9-15(27)16(28)10-19(17)36-25/h2-10,21,31-32H,1H3/b22-20+. The third-order valence-electron chi connectivity index (χ3n) is 5.70. The molecule has 1 aromatic heterocycles. The van der Waals surface area contributed by atoms with Crippen LogP contribution in [0.5, 0.6) is 11.5 Å². The van der Waals surface area contributed by atoms with Crippen LogP contribution in [0.4, 0.5) is 13.9 Å². The Labute approximate surface area is 211 Å². The zero-order valence-corrected chi connectivity index (χ0v) is 19.9. The van der Waals surface area contributed by atoms with Crippen LogP contribution >= 0.6 is 22.9 Å². The molecule has 2 heterocycles. The van der Waals surface area contributed by atoms with Crippen molar-refractivity contribution in [3.63, 3.8) is 0 Å². The fourth-order valence-corrected chi connectivity index (χ4v) is 5.20. The molecule has 1 saturated heterocycles. The van der Waals surface area contributed by atoms with Crippen molar-refractivity contribution in [2.45, 2.75) is 6.04 Å². The van der Waals surface area contributed by atoms with Gasteiger partial charge >= 0.3 is 5.91 Å². The second kappa shape index (κ2) is 8.89. The number of aliphatic hydroxyl groups is 1. The molecule has 182 valence electrons. The van der Waals surface area contributed by atoms with E-state index in [2.05, 4.69) is 4.98 Å². The van der Waals surface area contributed by atoms with Crippen LogP contribution in [0.3, 0.4) is 0 Å². The number of ether oxygens (including phenoxy) is 1. The molecule has 7 nitrogen and oxygen atoms in total. The van der Waals surface area contributed by atoms with Crippen LogP contribution in [0.15, 0.2) is 60.2 Å². The van der Waals surface area contributed by atoms with Crippen LogP contribution in [0.25, 0.3) is 16.0 Å². The first-order valence-electron chi connectivity index (χ1n) is 10.4. The van der Waals surface area contributed by atoms with Crippen molar-refractivity contribution in [2.75, 3.05) is 12.0 Å². The number of phenols is 1. The Morgan fingerprint density at radius 3 is 2.47 bits per heavy atom. The van der Waals surface area contributed by atoms with Gasteiger partial charge in [-0.3, -0.25) is 14.5 Å². The summed E-state index contributed by atoms with van der Waals surface area (Å²) in [7, 11) is 1.37. The topological polar surface area (TPSA) is 100.0 Å². The van der Waals surface area contributed by atoms with Crippen LogP contribution in [-0.2, 0) is 9.59 Å². The van der Waals surface area contributed by atoms with E-state index in [9.17, 15) is 28.6 Å². The molecule has 0 saturated carbocycles. The van der Waals surface area contributed by atoms with Gasteiger partial charge in [0.25, 0.3) is 5.78 Å². The van der Waals surface area contributed by atoms with Gasteiger partial charge in [-0.25, -0.2) is 13.8 Å². The highest BCUT2D eigenvalue weighted by Gasteiger charge is 2.48. The minimum atomic E-state index is -1.18. The van der Waals surface area contributed by atoms with Crippen molar-refractivity contribution in [3.05, 3.63) is 88.0 Å². The largest absolute Gasteiger partial charge is 0.508 e. The third kappa shape index (κ3) is 3.84. The number of fused-ring (bicyclic) bond motifs is 1. The van der Waals surface area contributed by atoms with Gasteiger partial charge in [0.2, 0.25) is 0 Å².